The Labute approximate surface area is 163 Å². The van der Waals surface area contributed by atoms with Crippen molar-refractivity contribution in [3.05, 3.63) is 48.2 Å². The molecule has 0 amide bonds. The Morgan fingerprint density at radius 1 is 1.36 bits per heavy atom. The molecule has 1 aliphatic heterocycles. The van der Waals surface area contributed by atoms with Gasteiger partial charge in [-0.25, -0.2) is 4.98 Å². The molecule has 142 valence electrons. The summed E-state index contributed by atoms with van der Waals surface area (Å²) in [6.07, 6.45) is 2.77. The molecule has 0 bridgehead atoms. The third kappa shape index (κ3) is 3.25. The average molecular weight is 374 g/mol. The molecule has 2 aromatic heterocycles. The number of fused-ring (bicyclic) bond motifs is 1. The van der Waals surface area contributed by atoms with Crippen molar-refractivity contribution in [1.29, 1.82) is 5.26 Å². The van der Waals surface area contributed by atoms with Crippen LogP contribution in [0.25, 0.3) is 10.9 Å². The number of aromatic amines is 1. The molecule has 0 radical (unpaired) electrons. The molecule has 28 heavy (non-hydrogen) atoms. The second kappa shape index (κ2) is 7.61. The fourth-order valence-electron chi connectivity index (χ4n) is 3.73. The van der Waals surface area contributed by atoms with Crippen LogP contribution in [-0.2, 0) is 4.79 Å². The number of piperazine rings is 1. The van der Waals surface area contributed by atoms with E-state index in [1.165, 1.54) is 0 Å². The SMILES string of the molecule is CCNc1cccnc1N1CCN(c2cc3ccc(C#N)cc3[nH]2)C(C=O)C1. The van der Waals surface area contributed by atoms with E-state index in [0.29, 0.717) is 18.7 Å². The second-order valence-corrected chi connectivity index (χ2v) is 6.82. The van der Waals surface area contributed by atoms with Crippen LogP contribution in [-0.4, -0.2) is 48.5 Å². The Balaban J connectivity index is 1.59. The average Bonchev–Trinajstić information content (AvgIpc) is 3.17. The van der Waals surface area contributed by atoms with E-state index in [0.717, 1.165) is 47.6 Å². The molecule has 1 aromatic carbocycles. The molecule has 1 saturated heterocycles. The molecule has 3 aromatic rings. The Kier molecular flexibility index (Phi) is 4.85. The minimum absolute atomic E-state index is 0.284. The number of benzene rings is 1. The van der Waals surface area contributed by atoms with Gasteiger partial charge in [0, 0.05) is 43.3 Å². The van der Waals surface area contributed by atoms with Gasteiger partial charge in [-0.2, -0.15) is 5.26 Å². The van der Waals surface area contributed by atoms with E-state index in [4.69, 9.17) is 5.26 Å². The quantitative estimate of drug-likeness (QED) is 0.668. The highest BCUT2D eigenvalue weighted by atomic mass is 16.1. The fraction of sp³-hybridized carbons (Fsp3) is 0.286. The van der Waals surface area contributed by atoms with E-state index in [1.807, 2.05) is 30.3 Å². The summed E-state index contributed by atoms with van der Waals surface area (Å²) in [5.41, 5.74) is 2.50. The van der Waals surface area contributed by atoms with Gasteiger partial charge in [-0.1, -0.05) is 6.07 Å². The summed E-state index contributed by atoms with van der Waals surface area (Å²) < 4.78 is 0. The third-order valence-electron chi connectivity index (χ3n) is 5.08. The maximum Gasteiger partial charge on any atom is 0.152 e. The lowest BCUT2D eigenvalue weighted by atomic mass is 10.1. The van der Waals surface area contributed by atoms with Crippen LogP contribution < -0.4 is 15.1 Å². The van der Waals surface area contributed by atoms with Crippen molar-refractivity contribution >= 4 is 34.5 Å². The van der Waals surface area contributed by atoms with E-state index in [9.17, 15) is 4.79 Å². The number of pyridine rings is 1. The Morgan fingerprint density at radius 3 is 3.04 bits per heavy atom. The van der Waals surface area contributed by atoms with Crippen LogP contribution in [0.1, 0.15) is 12.5 Å². The van der Waals surface area contributed by atoms with Crippen LogP contribution in [0.3, 0.4) is 0 Å². The molecule has 1 fully saturated rings. The van der Waals surface area contributed by atoms with Gasteiger partial charge in [0.1, 0.15) is 18.1 Å². The lowest BCUT2D eigenvalue weighted by molar-refractivity contribution is -0.109. The normalized spacial score (nSPS) is 16.8. The van der Waals surface area contributed by atoms with Gasteiger partial charge in [0.15, 0.2) is 5.82 Å². The van der Waals surface area contributed by atoms with Crippen LogP contribution in [0.4, 0.5) is 17.3 Å². The highest BCUT2D eigenvalue weighted by Crippen LogP contribution is 2.29. The van der Waals surface area contributed by atoms with Gasteiger partial charge in [0.2, 0.25) is 0 Å². The van der Waals surface area contributed by atoms with Gasteiger partial charge < -0.3 is 24.9 Å². The minimum atomic E-state index is -0.284. The predicted molar refractivity (Wildman–Crippen MR) is 111 cm³/mol. The van der Waals surface area contributed by atoms with Gasteiger partial charge in [0.25, 0.3) is 0 Å². The number of nitriles is 1. The Bertz CT molecular complexity index is 1040. The number of aldehydes is 1. The highest BCUT2D eigenvalue weighted by Gasteiger charge is 2.29. The fourth-order valence-corrected chi connectivity index (χ4v) is 3.73. The van der Waals surface area contributed by atoms with Gasteiger partial charge >= 0.3 is 0 Å². The van der Waals surface area contributed by atoms with E-state index in [-0.39, 0.29) is 6.04 Å². The zero-order chi connectivity index (χ0) is 19.5. The van der Waals surface area contributed by atoms with E-state index >= 15 is 0 Å². The second-order valence-electron chi connectivity index (χ2n) is 6.82. The van der Waals surface area contributed by atoms with Crippen molar-refractivity contribution in [3.8, 4) is 6.07 Å². The lowest BCUT2D eigenvalue weighted by Crippen LogP contribution is -2.54. The molecular formula is C21H22N6O. The third-order valence-corrected chi connectivity index (χ3v) is 5.08. The first-order valence-electron chi connectivity index (χ1n) is 9.42. The van der Waals surface area contributed by atoms with Gasteiger partial charge in [-0.3, -0.25) is 0 Å². The maximum absolute atomic E-state index is 11.9. The molecular weight excluding hydrogens is 352 g/mol. The lowest BCUT2D eigenvalue weighted by Gasteiger charge is -2.40. The number of H-pyrrole nitrogens is 1. The molecule has 0 spiro atoms. The molecule has 2 N–H and O–H groups in total. The van der Waals surface area contributed by atoms with Crippen molar-refractivity contribution in [2.45, 2.75) is 13.0 Å². The van der Waals surface area contributed by atoms with Crippen molar-refractivity contribution in [1.82, 2.24) is 9.97 Å². The summed E-state index contributed by atoms with van der Waals surface area (Å²) in [6.45, 7) is 4.89. The standard InChI is InChI=1S/C21H22N6O/c1-2-23-18-4-3-7-24-21(18)26-8-9-27(17(13-26)14-28)20-11-16-6-5-15(12-22)10-19(16)25-20/h3-7,10-11,14,17,23,25H,2,8-9,13H2,1H3. The smallest absolute Gasteiger partial charge is 0.152 e. The summed E-state index contributed by atoms with van der Waals surface area (Å²) in [7, 11) is 0. The molecule has 3 heterocycles. The summed E-state index contributed by atoms with van der Waals surface area (Å²) in [5.74, 6) is 1.78. The van der Waals surface area contributed by atoms with Gasteiger partial charge in [-0.15, -0.1) is 0 Å². The van der Waals surface area contributed by atoms with Crippen LogP contribution in [0.15, 0.2) is 42.6 Å². The van der Waals surface area contributed by atoms with E-state index in [1.54, 1.807) is 12.3 Å². The monoisotopic (exact) mass is 374 g/mol. The molecule has 4 rings (SSSR count). The minimum Gasteiger partial charge on any atom is -0.382 e. The molecule has 0 saturated carbocycles. The maximum atomic E-state index is 11.9. The van der Waals surface area contributed by atoms with Crippen LogP contribution >= 0.6 is 0 Å². The number of carbonyl (C=O) groups is 1. The number of nitrogens with one attached hydrogen (secondary N) is 2. The molecule has 0 aliphatic carbocycles. The van der Waals surface area contributed by atoms with Crippen molar-refractivity contribution < 1.29 is 4.79 Å². The summed E-state index contributed by atoms with van der Waals surface area (Å²) in [4.78, 5) is 24.0. The summed E-state index contributed by atoms with van der Waals surface area (Å²) >= 11 is 0. The summed E-state index contributed by atoms with van der Waals surface area (Å²) in [5, 5.41) is 13.5. The molecule has 1 atom stereocenters. The first-order valence-corrected chi connectivity index (χ1v) is 9.42. The number of anilines is 3. The zero-order valence-corrected chi connectivity index (χ0v) is 15.7. The number of hydrogen-bond donors (Lipinski definition) is 2. The molecule has 1 aliphatic rings. The number of carbonyl (C=O) groups excluding carboxylic acids is 1. The Hall–Kier alpha value is -3.53. The zero-order valence-electron chi connectivity index (χ0n) is 15.7. The number of aromatic nitrogens is 2. The predicted octanol–water partition coefficient (Wildman–Crippen LogP) is 2.76. The van der Waals surface area contributed by atoms with Crippen molar-refractivity contribution in [2.75, 3.05) is 41.3 Å². The van der Waals surface area contributed by atoms with E-state index in [2.05, 4.69) is 38.1 Å². The summed E-state index contributed by atoms with van der Waals surface area (Å²) in [6, 6.07) is 13.4. The van der Waals surface area contributed by atoms with Crippen molar-refractivity contribution in [2.24, 2.45) is 0 Å². The van der Waals surface area contributed by atoms with Gasteiger partial charge in [0.05, 0.1) is 17.3 Å². The first-order chi connectivity index (χ1) is 13.7. The first kappa shape index (κ1) is 17.9. The topological polar surface area (TPSA) is 88.1 Å². The largest absolute Gasteiger partial charge is 0.382 e. The van der Waals surface area contributed by atoms with Gasteiger partial charge in [-0.05, 0) is 37.3 Å². The molecule has 7 nitrogen and oxygen atoms in total. The number of hydrogen-bond acceptors (Lipinski definition) is 6. The van der Waals surface area contributed by atoms with Crippen molar-refractivity contribution in [3.63, 3.8) is 0 Å². The molecule has 1 unspecified atom stereocenters. The number of rotatable bonds is 5. The van der Waals surface area contributed by atoms with Crippen LogP contribution in [0.2, 0.25) is 0 Å². The Morgan fingerprint density at radius 2 is 2.25 bits per heavy atom. The number of nitrogens with zero attached hydrogens (tertiary/aromatic N) is 4. The molecule has 7 heteroatoms. The highest BCUT2D eigenvalue weighted by molar-refractivity contribution is 5.86. The van der Waals surface area contributed by atoms with E-state index < -0.39 is 0 Å². The van der Waals surface area contributed by atoms with Crippen LogP contribution in [0, 0.1) is 11.3 Å². The van der Waals surface area contributed by atoms with Crippen LogP contribution in [0.5, 0.6) is 0 Å².